The number of hydrogen-bond donors (Lipinski definition) is 1. The molecule has 0 amide bonds. The molecular weight excluding hydrogens is 451 g/mol. The van der Waals surface area contributed by atoms with Crippen LogP contribution in [0.15, 0.2) is 48.7 Å². The van der Waals surface area contributed by atoms with Crippen molar-refractivity contribution in [2.45, 2.75) is 31.6 Å². The highest BCUT2D eigenvalue weighted by molar-refractivity contribution is 6.42. The minimum Gasteiger partial charge on any atom is -0.379 e. The van der Waals surface area contributed by atoms with Crippen LogP contribution < -0.4 is 5.32 Å². The minimum atomic E-state index is 0.142. The third-order valence-corrected chi connectivity index (χ3v) is 7.50. The summed E-state index contributed by atoms with van der Waals surface area (Å²) in [5.41, 5.74) is 6.15. The van der Waals surface area contributed by atoms with Gasteiger partial charge in [0.25, 0.3) is 0 Å². The van der Waals surface area contributed by atoms with Gasteiger partial charge in [-0.1, -0.05) is 53.5 Å². The smallest absolute Gasteiger partial charge is 0.236 e. The topological polar surface area (TPSA) is 32.5 Å². The second-order valence-electron chi connectivity index (χ2n) is 8.81. The Hall–Kier alpha value is -2.58. The molecule has 0 saturated carbocycles. The quantitative estimate of drug-likeness (QED) is 0.301. The van der Waals surface area contributed by atoms with Crippen molar-refractivity contribution in [2.75, 3.05) is 31.5 Å². The monoisotopic (exact) mass is 476 g/mol. The highest BCUT2D eigenvalue weighted by Crippen LogP contribution is 2.48. The minimum absolute atomic E-state index is 0.142. The van der Waals surface area contributed by atoms with E-state index in [1.807, 2.05) is 30.5 Å². The predicted molar refractivity (Wildman–Crippen MR) is 137 cm³/mol. The van der Waals surface area contributed by atoms with Gasteiger partial charge in [-0.05, 0) is 85.3 Å². The van der Waals surface area contributed by atoms with Crippen LogP contribution in [0.2, 0.25) is 10.0 Å². The van der Waals surface area contributed by atoms with Crippen LogP contribution in [-0.4, -0.2) is 36.1 Å². The zero-order valence-electron chi connectivity index (χ0n) is 18.5. The Balaban J connectivity index is 1.45. The lowest BCUT2D eigenvalue weighted by atomic mass is 9.76. The van der Waals surface area contributed by atoms with Gasteiger partial charge in [0.15, 0.2) is 0 Å². The number of hydrogen-bond acceptors (Lipinski definition) is 3. The molecule has 168 valence electrons. The largest absolute Gasteiger partial charge is 0.379 e. The standard InChI is InChI=1S/C27H26Cl2N4/c1-30-26-25-19(17-32-27(26)31-11-6-14-33-12-4-5-13-33)15-22(20-7-2-3-8-21(20)25)18-9-10-23(28)24(29)16-18/h2-3,7-10,16-17,22H,4-6,11-15H2,(H,31,32). The van der Waals surface area contributed by atoms with E-state index in [0.29, 0.717) is 21.6 Å². The molecule has 1 unspecified atom stereocenters. The molecule has 1 fully saturated rings. The summed E-state index contributed by atoms with van der Waals surface area (Å²) in [6.07, 6.45) is 6.38. The van der Waals surface area contributed by atoms with Gasteiger partial charge in [0.1, 0.15) is 5.82 Å². The van der Waals surface area contributed by atoms with Crippen molar-refractivity contribution >= 4 is 34.7 Å². The van der Waals surface area contributed by atoms with Gasteiger partial charge in [-0.25, -0.2) is 4.85 Å². The maximum atomic E-state index is 7.95. The molecule has 3 aromatic rings. The number of pyridine rings is 1. The van der Waals surface area contributed by atoms with Crippen molar-refractivity contribution in [1.29, 1.82) is 0 Å². The van der Waals surface area contributed by atoms with E-state index in [1.54, 1.807) is 0 Å². The number of halogens is 2. The first-order chi connectivity index (χ1) is 16.2. The van der Waals surface area contributed by atoms with Gasteiger partial charge in [-0.3, -0.25) is 4.98 Å². The number of anilines is 1. The van der Waals surface area contributed by atoms with Gasteiger partial charge in [-0.2, -0.15) is 0 Å². The molecule has 1 saturated heterocycles. The molecule has 1 aliphatic carbocycles. The molecule has 0 bridgehead atoms. The van der Waals surface area contributed by atoms with Crippen molar-refractivity contribution in [3.63, 3.8) is 0 Å². The van der Waals surface area contributed by atoms with E-state index in [1.165, 1.54) is 31.5 Å². The van der Waals surface area contributed by atoms with Crippen molar-refractivity contribution in [3.8, 4) is 11.1 Å². The summed E-state index contributed by atoms with van der Waals surface area (Å²) in [7, 11) is 0. The van der Waals surface area contributed by atoms with E-state index in [2.05, 4.69) is 38.2 Å². The maximum Gasteiger partial charge on any atom is 0.236 e. The first-order valence-electron chi connectivity index (χ1n) is 11.6. The van der Waals surface area contributed by atoms with E-state index in [0.717, 1.165) is 48.2 Å². The fourth-order valence-electron chi connectivity index (χ4n) is 5.13. The Morgan fingerprint density at radius 3 is 2.70 bits per heavy atom. The lowest BCUT2D eigenvalue weighted by Crippen LogP contribution is -2.22. The van der Waals surface area contributed by atoms with Gasteiger partial charge in [-0.15, -0.1) is 0 Å². The average Bonchev–Trinajstić information content (AvgIpc) is 3.36. The fraction of sp³-hybridized carbons (Fsp3) is 0.333. The number of fused-ring (bicyclic) bond motifs is 3. The molecule has 1 aromatic heterocycles. The Labute approximate surface area is 205 Å². The number of nitrogens with zero attached hydrogens (tertiary/aromatic N) is 3. The summed E-state index contributed by atoms with van der Waals surface area (Å²) < 4.78 is 0. The summed E-state index contributed by atoms with van der Waals surface area (Å²) in [6, 6.07) is 14.2. The molecule has 1 aliphatic heterocycles. The molecule has 2 aromatic carbocycles. The molecule has 0 radical (unpaired) electrons. The lowest BCUT2D eigenvalue weighted by molar-refractivity contribution is 0.337. The Kier molecular flexibility index (Phi) is 6.55. The first kappa shape index (κ1) is 22.2. The van der Waals surface area contributed by atoms with Crippen LogP contribution in [0.1, 0.15) is 41.9 Å². The highest BCUT2D eigenvalue weighted by atomic mass is 35.5. The Morgan fingerprint density at radius 2 is 1.91 bits per heavy atom. The lowest BCUT2D eigenvalue weighted by Gasteiger charge is -2.29. The molecule has 2 aliphatic rings. The average molecular weight is 477 g/mol. The molecule has 4 nitrogen and oxygen atoms in total. The summed E-state index contributed by atoms with van der Waals surface area (Å²) in [5.74, 6) is 0.830. The SMILES string of the molecule is [C-]#[N+]c1c(NCCCN2CCCC2)ncc2c1-c1ccccc1C(c1ccc(Cl)c(Cl)c1)C2. The zero-order valence-corrected chi connectivity index (χ0v) is 20.0. The van der Waals surface area contributed by atoms with Crippen molar-refractivity contribution in [3.05, 3.63) is 86.8 Å². The zero-order chi connectivity index (χ0) is 22.8. The van der Waals surface area contributed by atoms with Gasteiger partial charge in [0.2, 0.25) is 5.69 Å². The van der Waals surface area contributed by atoms with E-state index >= 15 is 0 Å². The summed E-state index contributed by atoms with van der Waals surface area (Å²) in [4.78, 5) is 11.1. The number of likely N-dealkylation sites (tertiary alicyclic amines) is 1. The number of aromatic nitrogens is 1. The van der Waals surface area contributed by atoms with E-state index in [-0.39, 0.29) is 5.92 Å². The third kappa shape index (κ3) is 4.46. The van der Waals surface area contributed by atoms with Crippen LogP contribution in [-0.2, 0) is 6.42 Å². The van der Waals surface area contributed by atoms with E-state index < -0.39 is 0 Å². The van der Waals surface area contributed by atoms with E-state index in [4.69, 9.17) is 29.8 Å². The van der Waals surface area contributed by atoms with Crippen LogP contribution in [0, 0.1) is 6.57 Å². The molecule has 0 spiro atoms. The van der Waals surface area contributed by atoms with Gasteiger partial charge < -0.3 is 10.2 Å². The van der Waals surface area contributed by atoms with Crippen LogP contribution in [0.5, 0.6) is 0 Å². The highest BCUT2D eigenvalue weighted by Gasteiger charge is 2.29. The number of rotatable bonds is 6. The molecule has 1 atom stereocenters. The van der Waals surface area contributed by atoms with E-state index in [9.17, 15) is 0 Å². The summed E-state index contributed by atoms with van der Waals surface area (Å²) in [6.45, 7) is 12.3. The van der Waals surface area contributed by atoms with Crippen LogP contribution in [0.3, 0.4) is 0 Å². The summed E-state index contributed by atoms with van der Waals surface area (Å²) in [5, 5.41) is 4.56. The molecular formula is C27H26Cl2N4. The first-order valence-corrected chi connectivity index (χ1v) is 12.3. The fourth-order valence-corrected chi connectivity index (χ4v) is 5.44. The molecule has 5 rings (SSSR count). The van der Waals surface area contributed by atoms with Crippen LogP contribution >= 0.6 is 23.2 Å². The molecule has 2 heterocycles. The van der Waals surface area contributed by atoms with Crippen LogP contribution in [0.25, 0.3) is 16.0 Å². The van der Waals surface area contributed by atoms with Crippen molar-refractivity contribution in [1.82, 2.24) is 9.88 Å². The molecule has 33 heavy (non-hydrogen) atoms. The second-order valence-corrected chi connectivity index (χ2v) is 9.63. The van der Waals surface area contributed by atoms with Crippen molar-refractivity contribution < 1.29 is 0 Å². The Morgan fingerprint density at radius 1 is 1.09 bits per heavy atom. The summed E-state index contributed by atoms with van der Waals surface area (Å²) >= 11 is 12.5. The van der Waals surface area contributed by atoms with Crippen molar-refractivity contribution in [2.24, 2.45) is 0 Å². The number of benzene rings is 2. The maximum absolute atomic E-state index is 7.95. The van der Waals surface area contributed by atoms with Crippen LogP contribution in [0.4, 0.5) is 11.5 Å². The predicted octanol–water partition coefficient (Wildman–Crippen LogP) is 7.19. The molecule has 6 heteroatoms. The normalized spacial score (nSPS) is 17.3. The number of nitrogens with one attached hydrogen (secondary N) is 1. The van der Waals surface area contributed by atoms with Gasteiger partial charge in [0.05, 0.1) is 16.6 Å². The van der Waals surface area contributed by atoms with Gasteiger partial charge >= 0.3 is 0 Å². The molecule has 1 N–H and O–H groups in total. The Bertz CT molecular complexity index is 1210. The third-order valence-electron chi connectivity index (χ3n) is 6.76. The second kappa shape index (κ2) is 9.73. The van der Waals surface area contributed by atoms with Gasteiger partial charge in [0, 0.05) is 18.7 Å².